The molecule has 0 radical (unpaired) electrons. The number of rotatable bonds is 7. The second-order valence-electron chi connectivity index (χ2n) is 5.61. The largest absolute Gasteiger partial charge is 0.493 e. The van der Waals surface area contributed by atoms with E-state index in [2.05, 4.69) is 0 Å². The van der Waals surface area contributed by atoms with Gasteiger partial charge in [0.2, 0.25) is 0 Å². The summed E-state index contributed by atoms with van der Waals surface area (Å²) in [5.41, 5.74) is 0.743. The van der Waals surface area contributed by atoms with Gasteiger partial charge in [0.15, 0.2) is 0 Å². The highest BCUT2D eigenvalue weighted by Gasteiger charge is 2.35. The number of carbonyl (C=O) groups excluding carboxylic acids is 2. The quantitative estimate of drug-likeness (QED) is 0.662. The van der Waals surface area contributed by atoms with Crippen molar-refractivity contribution in [3.05, 3.63) is 64.8 Å². The van der Waals surface area contributed by atoms with Crippen LogP contribution in [0.4, 0.5) is 9.18 Å². The maximum atomic E-state index is 12.9. The molecule has 1 aliphatic rings. The molecule has 1 aliphatic heterocycles. The summed E-state index contributed by atoms with van der Waals surface area (Å²) in [7, 11) is 0. The van der Waals surface area contributed by atoms with Crippen LogP contribution in [0.2, 0.25) is 0 Å². The second-order valence-corrected chi connectivity index (χ2v) is 6.60. The Morgan fingerprint density at radius 1 is 1.07 bits per heavy atom. The van der Waals surface area contributed by atoms with Gasteiger partial charge in [-0.25, -0.2) is 4.39 Å². The van der Waals surface area contributed by atoms with Crippen LogP contribution in [0.1, 0.15) is 12.5 Å². The second kappa shape index (κ2) is 8.73. The Morgan fingerprint density at radius 3 is 2.56 bits per heavy atom. The fourth-order valence-electron chi connectivity index (χ4n) is 2.51. The lowest BCUT2D eigenvalue weighted by molar-refractivity contribution is -0.123. The number of para-hydroxylation sites is 1. The summed E-state index contributed by atoms with van der Waals surface area (Å²) >= 11 is 0.889. The lowest BCUT2D eigenvalue weighted by atomic mass is 10.2. The number of nitrogens with zero attached hydrogens (tertiary/aromatic N) is 1. The van der Waals surface area contributed by atoms with E-state index in [1.165, 1.54) is 24.3 Å². The molecule has 0 bridgehead atoms. The molecule has 0 aliphatic carbocycles. The molecule has 27 heavy (non-hydrogen) atoms. The van der Waals surface area contributed by atoms with Crippen molar-refractivity contribution in [1.82, 2.24) is 4.90 Å². The first kappa shape index (κ1) is 19.0. The Balaban J connectivity index is 1.65. The van der Waals surface area contributed by atoms with Crippen LogP contribution in [0.15, 0.2) is 53.4 Å². The van der Waals surface area contributed by atoms with Gasteiger partial charge in [0.25, 0.3) is 11.1 Å². The number of hydrogen-bond donors (Lipinski definition) is 0. The fraction of sp³-hybridized carbons (Fsp3) is 0.200. The molecule has 1 heterocycles. The average molecular weight is 387 g/mol. The van der Waals surface area contributed by atoms with Crippen LogP contribution >= 0.6 is 11.8 Å². The van der Waals surface area contributed by atoms with Gasteiger partial charge >= 0.3 is 0 Å². The highest BCUT2D eigenvalue weighted by atomic mass is 32.2. The average Bonchev–Trinajstić information content (AvgIpc) is 2.92. The van der Waals surface area contributed by atoms with Crippen LogP contribution < -0.4 is 9.47 Å². The van der Waals surface area contributed by atoms with E-state index in [0.717, 1.165) is 22.2 Å². The Labute approximate surface area is 160 Å². The maximum Gasteiger partial charge on any atom is 0.293 e. The molecule has 0 atom stereocenters. The molecular weight excluding hydrogens is 369 g/mol. The van der Waals surface area contributed by atoms with Crippen LogP contribution in [-0.2, 0) is 4.79 Å². The Bertz CT molecular complexity index is 867. The highest BCUT2D eigenvalue weighted by molar-refractivity contribution is 8.18. The number of imide groups is 1. The third kappa shape index (κ3) is 4.68. The number of amides is 2. The molecule has 0 N–H and O–H groups in total. The number of hydrogen-bond acceptors (Lipinski definition) is 5. The zero-order chi connectivity index (χ0) is 19.2. The Morgan fingerprint density at radius 2 is 1.81 bits per heavy atom. The topological polar surface area (TPSA) is 55.8 Å². The number of benzene rings is 2. The van der Waals surface area contributed by atoms with E-state index in [1.807, 2.05) is 31.2 Å². The standard InChI is InChI=1S/C20H18FNO4S/c1-2-25-17-6-4-3-5-14(17)13-18-19(23)22(20(24)27-18)11-12-26-16-9-7-15(21)8-10-16/h3-10,13H,2,11-12H2,1H3/b18-13-. The number of thioether (sulfide) groups is 1. The van der Waals surface area contributed by atoms with E-state index >= 15 is 0 Å². The Hall–Kier alpha value is -2.80. The Kier molecular flexibility index (Phi) is 6.13. The number of halogens is 1. The van der Waals surface area contributed by atoms with E-state index in [4.69, 9.17) is 9.47 Å². The van der Waals surface area contributed by atoms with Crippen LogP contribution in [0.25, 0.3) is 6.08 Å². The number of carbonyl (C=O) groups is 2. The summed E-state index contributed by atoms with van der Waals surface area (Å²) in [6.45, 7) is 2.64. The molecule has 1 fully saturated rings. The van der Waals surface area contributed by atoms with Crippen LogP contribution in [0.3, 0.4) is 0 Å². The van der Waals surface area contributed by atoms with Gasteiger partial charge in [-0.3, -0.25) is 14.5 Å². The fourth-order valence-corrected chi connectivity index (χ4v) is 3.36. The van der Waals surface area contributed by atoms with E-state index in [-0.39, 0.29) is 30.1 Å². The van der Waals surface area contributed by atoms with E-state index in [0.29, 0.717) is 23.0 Å². The van der Waals surface area contributed by atoms with Crippen molar-refractivity contribution in [2.45, 2.75) is 6.92 Å². The number of ether oxygens (including phenoxy) is 2. The van der Waals surface area contributed by atoms with Gasteiger partial charge in [-0.15, -0.1) is 0 Å². The smallest absolute Gasteiger partial charge is 0.293 e. The molecule has 1 saturated heterocycles. The SMILES string of the molecule is CCOc1ccccc1/C=C1\SC(=O)N(CCOc2ccc(F)cc2)C1=O. The molecule has 0 aromatic heterocycles. The third-order valence-corrected chi connectivity index (χ3v) is 4.68. The minimum absolute atomic E-state index is 0.118. The molecule has 2 aromatic carbocycles. The van der Waals surface area contributed by atoms with Crippen LogP contribution in [0.5, 0.6) is 11.5 Å². The normalized spacial score (nSPS) is 15.5. The van der Waals surface area contributed by atoms with Gasteiger partial charge in [0.05, 0.1) is 18.1 Å². The maximum absolute atomic E-state index is 12.9. The van der Waals surface area contributed by atoms with E-state index in [9.17, 15) is 14.0 Å². The molecule has 140 valence electrons. The summed E-state index contributed by atoms with van der Waals surface area (Å²) in [6, 6.07) is 12.9. The molecule has 0 saturated carbocycles. The van der Waals surface area contributed by atoms with Gasteiger partial charge in [-0.05, 0) is 55.1 Å². The van der Waals surface area contributed by atoms with Gasteiger partial charge in [-0.1, -0.05) is 18.2 Å². The molecule has 2 aromatic rings. The molecular formula is C20H18FNO4S. The third-order valence-electron chi connectivity index (χ3n) is 3.78. The van der Waals surface area contributed by atoms with Crippen molar-refractivity contribution in [2.24, 2.45) is 0 Å². The predicted octanol–water partition coefficient (Wildman–Crippen LogP) is 4.34. The van der Waals surface area contributed by atoms with Gasteiger partial charge < -0.3 is 9.47 Å². The summed E-state index contributed by atoms with van der Waals surface area (Å²) in [4.78, 5) is 26.2. The van der Waals surface area contributed by atoms with Gasteiger partial charge in [0, 0.05) is 5.56 Å². The van der Waals surface area contributed by atoms with Crippen LogP contribution in [0, 0.1) is 5.82 Å². The zero-order valence-electron chi connectivity index (χ0n) is 14.7. The zero-order valence-corrected chi connectivity index (χ0v) is 15.5. The highest BCUT2D eigenvalue weighted by Crippen LogP contribution is 2.33. The summed E-state index contributed by atoms with van der Waals surface area (Å²) in [5.74, 6) is 0.417. The minimum atomic E-state index is -0.362. The first-order valence-corrected chi connectivity index (χ1v) is 9.25. The van der Waals surface area contributed by atoms with Crippen molar-refractivity contribution < 1.29 is 23.5 Å². The van der Waals surface area contributed by atoms with E-state index in [1.54, 1.807) is 6.08 Å². The first-order chi connectivity index (χ1) is 13.1. The molecule has 0 unspecified atom stereocenters. The molecule has 7 heteroatoms. The monoisotopic (exact) mass is 387 g/mol. The lowest BCUT2D eigenvalue weighted by Crippen LogP contribution is -2.32. The van der Waals surface area contributed by atoms with Crippen molar-refractivity contribution in [1.29, 1.82) is 0 Å². The minimum Gasteiger partial charge on any atom is -0.493 e. The van der Waals surface area contributed by atoms with E-state index < -0.39 is 0 Å². The molecule has 2 amide bonds. The summed E-state index contributed by atoms with van der Waals surface area (Å²) in [6.07, 6.45) is 1.66. The van der Waals surface area contributed by atoms with Crippen molar-refractivity contribution in [3.63, 3.8) is 0 Å². The molecule has 0 spiro atoms. The summed E-state index contributed by atoms with van der Waals surface area (Å²) in [5, 5.41) is -0.345. The first-order valence-electron chi connectivity index (χ1n) is 8.44. The molecule has 5 nitrogen and oxygen atoms in total. The van der Waals surface area contributed by atoms with Gasteiger partial charge in [0.1, 0.15) is 23.9 Å². The lowest BCUT2D eigenvalue weighted by Gasteiger charge is -2.13. The predicted molar refractivity (Wildman–Crippen MR) is 102 cm³/mol. The molecule has 3 rings (SSSR count). The van der Waals surface area contributed by atoms with Crippen molar-refractivity contribution in [3.8, 4) is 11.5 Å². The van der Waals surface area contributed by atoms with Crippen molar-refractivity contribution in [2.75, 3.05) is 19.8 Å². The van der Waals surface area contributed by atoms with Crippen molar-refractivity contribution >= 4 is 29.0 Å². The van der Waals surface area contributed by atoms with Crippen LogP contribution in [-0.4, -0.2) is 35.8 Å². The summed E-state index contributed by atoms with van der Waals surface area (Å²) < 4.78 is 23.9. The van der Waals surface area contributed by atoms with Gasteiger partial charge in [-0.2, -0.15) is 0 Å².